The number of carbonyl (C=O) groups is 1. The molecule has 0 aliphatic heterocycles. The monoisotopic (exact) mass is 237 g/mol. The van der Waals surface area contributed by atoms with Gasteiger partial charge in [-0.3, -0.25) is 10.2 Å². The average molecular weight is 237 g/mol. The summed E-state index contributed by atoms with van der Waals surface area (Å²) in [5.74, 6) is 0.00710. The molecule has 4 heteroatoms. The minimum atomic E-state index is -0.342. The third-order valence-electron chi connectivity index (χ3n) is 3.41. The Balaban J connectivity index is 2.64. The van der Waals surface area contributed by atoms with E-state index in [1.165, 1.54) is 38.5 Å². The number of amides is 1. The van der Waals surface area contributed by atoms with Crippen LogP contribution >= 0.6 is 0 Å². The molecule has 0 spiro atoms. The van der Waals surface area contributed by atoms with Crippen molar-refractivity contribution in [3.05, 3.63) is 0 Å². The fourth-order valence-electron chi connectivity index (χ4n) is 2.52. The van der Waals surface area contributed by atoms with E-state index in [0.29, 0.717) is 5.92 Å². The van der Waals surface area contributed by atoms with Crippen LogP contribution in [-0.2, 0) is 4.79 Å². The zero-order valence-corrected chi connectivity index (χ0v) is 10.5. The van der Waals surface area contributed by atoms with Gasteiger partial charge in [-0.1, -0.05) is 38.5 Å². The Morgan fingerprint density at radius 3 is 2.18 bits per heavy atom. The first kappa shape index (κ1) is 13.9. The van der Waals surface area contributed by atoms with Crippen LogP contribution in [0.4, 0.5) is 0 Å². The second kappa shape index (κ2) is 7.98. The maximum absolute atomic E-state index is 11.0. The van der Waals surface area contributed by atoms with Gasteiger partial charge in [-0.25, -0.2) is 4.99 Å². The lowest BCUT2D eigenvalue weighted by atomic mass is 9.90. The molecular formula is C13H23N3O. The lowest BCUT2D eigenvalue weighted by Crippen LogP contribution is -2.23. The van der Waals surface area contributed by atoms with Crippen molar-refractivity contribution < 1.29 is 4.79 Å². The third kappa shape index (κ3) is 5.61. The van der Waals surface area contributed by atoms with Gasteiger partial charge in [-0.2, -0.15) is 0 Å². The van der Waals surface area contributed by atoms with Gasteiger partial charge in [0.15, 0.2) is 0 Å². The topological polar surface area (TPSA) is 79.3 Å². The molecule has 0 unspecified atom stereocenters. The maximum atomic E-state index is 11.0. The zero-order valence-electron chi connectivity index (χ0n) is 10.5. The zero-order chi connectivity index (χ0) is 12.5. The van der Waals surface area contributed by atoms with Crippen LogP contribution in [0.25, 0.3) is 0 Å². The van der Waals surface area contributed by atoms with Crippen molar-refractivity contribution in [2.75, 3.05) is 0 Å². The number of rotatable bonds is 4. The molecule has 0 bridgehead atoms. The summed E-state index contributed by atoms with van der Waals surface area (Å²) >= 11 is 0. The molecule has 1 saturated carbocycles. The highest BCUT2D eigenvalue weighted by atomic mass is 16.1. The fourth-order valence-corrected chi connectivity index (χ4v) is 2.52. The Kier molecular flexibility index (Phi) is 6.51. The van der Waals surface area contributed by atoms with Gasteiger partial charge in [0, 0.05) is 5.71 Å². The van der Waals surface area contributed by atoms with E-state index in [2.05, 4.69) is 4.99 Å². The number of carbonyl (C=O) groups excluding carboxylic acids is 1. The molecule has 1 aliphatic rings. The summed E-state index contributed by atoms with van der Waals surface area (Å²) in [6.07, 6.45) is 11.0. The van der Waals surface area contributed by atoms with E-state index < -0.39 is 0 Å². The molecule has 0 saturated heterocycles. The Hall–Kier alpha value is -1.19. The Bertz CT molecular complexity index is 276. The molecule has 0 atom stereocenters. The predicted molar refractivity (Wildman–Crippen MR) is 70.5 cm³/mol. The molecule has 4 nitrogen and oxygen atoms in total. The summed E-state index contributed by atoms with van der Waals surface area (Å²) in [6.45, 7) is 0. The lowest BCUT2D eigenvalue weighted by molar-refractivity contribution is -0.116. The van der Waals surface area contributed by atoms with Crippen LogP contribution < -0.4 is 5.73 Å². The SMILES string of the molecule is N=CN=C(CC(N)=O)C1CCCCCCCC1. The smallest absolute Gasteiger partial charge is 0.223 e. The summed E-state index contributed by atoms with van der Waals surface area (Å²) in [5.41, 5.74) is 6.05. The van der Waals surface area contributed by atoms with Crippen LogP contribution in [0, 0.1) is 11.3 Å². The van der Waals surface area contributed by atoms with Gasteiger partial charge in [-0.15, -0.1) is 0 Å². The van der Waals surface area contributed by atoms with E-state index in [4.69, 9.17) is 11.1 Å². The van der Waals surface area contributed by atoms with Crippen molar-refractivity contribution >= 4 is 18.0 Å². The Morgan fingerprint density at radius 1 is 1.18 bits per heavy atom. The van der Waals surface area contributed by atoms with Gasteiger partial charge >= 0.3 is 0 Å². The number of nitrogens with zero attached hydrogens (tertiary/aromatic N) is 1. The second-order valence-corrected chi connectivity index (χ2v) is 4.79. The Labute approximate surface area is 103 Å². The highest BCUT2D eigenvalue weighted by molar-refractivity contribution is 6.04. The van der Waals surface area contributed by atoms with Crippen molar-refractivity contribution in [1.29, 1.82) is 5.41 Å². The van der Waals surface area contributed by atoms with E-state index in [-0.39, 0.29) is 12.3 Å². The fraction of sp³-hybridized carbons (Fsp3) is 0.769. The molecule has 17 heavy (non-hydrogen) atoms. The van der Waals surface area contributed by atoms with E-state index in [1.54, 1.807) is 0 Å². The van der Waals surface area contributed by atoms with Gasteiger partial charge in [0.1, 0.15) is 6.34 Å². The van der Waals surface area contributed by atoms with Crippen molar-refractivity contribution in [3.63, 3.8) is 0 Å². The number of nitrogens with two attached hydrogens (primary N) is 1. The first-order chi connectivity index (χ1) is 8.24. The molecule has 0 radical (unpaired) electrons. The van der Waals surface area contributed by atoms with Gasteiger partial charge in [0.2, 0.25) is 5.91 Å². The lowest BCUT2D eigenvalue weighted by Gasteiger charge is -2.17. The molecule has 1 aliphatic carbocycles. The van der Waals surface area contributed by atoms with Gasteiger partial charge in [0.05, 0.1) is 6.42 Å². The molecule has 1 fully saturated rings. The van der Waals surface area contributed by atoms with Crippen LogP contribution in [0.5, 0.6) is 0 Å². The van der Waals surface area contributed by atoms with Gasteiger partial charge in [0.25, 0.3) is 0 Å². The van der Waals surface area contributed by atoms with Crippen LogP contribution in [0.3, 0.4) is 0 Å². The van der Waals surface area contributed by atoms with E-state index in [9.17, 15) is 4.79 Å². The van der Waals surface area contributed by atoms with Crippen molar-refractivity contribution in [1.82, 2.24) is 0 Å². The normalized spacial score (nSPS) is 20.1. The minimum absolute atomic E-state index is 0.208. The Morgan fingerprint density at radius 2 is 1.71 bits per heavy atom. The number of hydrogen-bond donors (Lipinski definition) is 2. The quantitative estimate of drug-likeness (QED) is 0.572. The standard InChI is InChI=1S/C13H23N3O/c14-10-16-12(9-13(15)17)11-7-5-3-1-2-4-6-8-11/h10-11,14H,1-9H2,(H2,15,17). The molecule has 3 N–H and O–H groups in total. The second-order valence-electron chi connectivity index (χ2n) is 4.79. The first-order valence-corrected chi connectivity index (χ1v) is 6.58. The highest BCUT2D eigenvalue weighted by Crippen LogP contribution is 2.24. The maximum Gasteiger partial charge on any atom is 0.223 e. The van der Waals surface area contributed by atoms with Crippen LogP contribution in [-0.4, -0.2) is 18.0 Å². The molecule has 1 rings (SSSR count). The van der Waals surface area contributed by atoms with E-state index >= 15 is 0 Å². The largest absolute Gasteiger partial charge is 0.369 e. The predicted octanol–water partition coefficient (Wildman–Crippen LogP) is 2.66. The minimum Gasteiger partial charge on any atom is -0.369 e. The number of aliphatic imine (C=N–C) groups is 1. The molecule has 1 amide bonds. The molecular weight excluding hydrogens is 214 g/mol. The number of nitrogens with one attached hydrogen (secondary N) is 1. The van der Waals surface area contributed by atoms with Crippen LogP contribution in [0.1, 0.15) is 57.8 Å². The summed E-state index contributed by atoms with van der Waals surface area (Å²) < 4.78 is 0. The first-order valence-electron chi connectivity index (χ1n) is 6.58. The third-order valence-corrected chi connectivity index (χ3v) is 3.41. The summed E-state index contributed by atoms with van der Waals surface area (Å²) in [6, 6.07) is 0. The molecule has 0 aromatic heterocycles. The van der Waals surface area contributed by atoms with Gasteiger partial charge in [-0.05, 0) is 18.8 Å². The molecule has 0 aromatic carbocycles. The number of hydrogen-bond acceptors (Lipinski definition) is 2. The van der Waals surface area contributed by atoms with E-state index in [1.807, 2.05) is 0 Å². The average Bonchev–Trinajstić information content (AvgIpc) is 2.41. The molecule has 96 valence electrons. The van der Waals surface area contributed by atoms with E-state index in [0.717, 1.165) is 24.9 Å². The van der Waals surface area contributed by atoms with Crippen LogP contribution in [0.15, 0.2) is 4.99 Å². The summed E-state index contributed by atoms with van der Waals surface area (Å²) in [4.78, 5) is 15.1. The molecule has 0 heterocycles. The van der Waals surface area contributed by atoms with Crippen molar-refractivity contribution in [3.8, 4) is 0 Å². The van der Waals surface area contributed by atoms with Crippen molar-refractivity contribution in [2.24, 2.45) is 16.6 Å². The summed E-state index contributed by atoms with van der Waals surface area (Å²) in [5, 5.41) is 7.07. The summed E-state index contributed by atoms with van der Waals surface area (Å²) in [7, 11) is 0. The highest BCUT2D eigenvalue weighted by Gasteiger charge is 2.18. The van der Waals surface area contributed by atoms with Crippen LogP contribution in [0.2, 0.25) is 0 Å². The molecule has 0 aromatic rings. The van der Waals surface area contributed by atoms with Gasteiger partial charge < -0.3 is 5.73 Å². The van der Waals surface area contributed by atoms with Crippen molar-refractivity contribution in [2.45, 2.75) is 57.8 Å². The number of primary amides is 1.